The maximum Gasteiger partial charge on any atom is 0.136 e. The third-order valence-electron chi connectivity index (χ3n) is 5.10. The summed E-state index contributed by atoms with van der Waals surface area (Å²) in [5, 5.41) is 7.15. The molecule has 148 valence electrons. The number of aromatic nitrogens is 2. The lowest BCUT2D eigenvalue weighted by Gasteiger charge is -2.16. The number of para-hydroxylation sites is 2. The van der Waals surface area contributed by atoms with E-state index < -0.39 is 0 Å². The van der Waals surface area contributed by atoms with E-state index in [9.17, 15) is 0 Å². The van der Waals surface area contributed by atoms with E-state index in [2.05, 4.69) is 64.7 Å². The number of benzene rings is 2. The zero-order valence-corrected chi connectivity index (χ0v) is 17.1. The van der Waals surface area contributed by atoms with Crippen LogP contribution in [-0.2, 0) is 0 Å². The molecule has 6 heteroatoms. The first-order valence-corrected chi connectivity index (χ1v) is 9.69. The Kier molecular flexibility index (Phi) is 6.73. The fraction of sp³-hybridized carbons (Fsp3) is 0.318. The number of nitrogens with two attached hydrogens (primary N) is 1. The van der Waals surface area contributed by atoms with Crippen LogP contribution in [0.3, 0.4) is 0 Å². The van der Waals surface area contributed by atoms with Crippen LogP contribution in [0, 0.1) is 0 Å². The number of nitrogens with one attached hydrogen (secondary N) is 2. The summed E-state index contributed by atoms with van der Waals surface area (Å²) in [6.07, 6.45) is 2.12. The van der Waals surface area contributed by atoms with Crippen LogP contribution >= 0.6 is 12.4 Å². The predicted molar refractivity (Wildman–Crippen MR) is 123 cm³/mol. The van der Waals surface area contributed by atoms with Crippen molar-refractivity contribution >= 4 is 50.9 Å². The van der Waals surface area contributed by atoms with Crippen LogP contribution < -0.4 is 11.1 Å². The van der Waals surface area contributed by atoms with Crippen molar-refractivity contribution in [2.45, 2.75) is 12.8 Å². The minimum Gasteiger partial charge on any atom is -0.369 e. The molecule has 4 rings (SSSR count). The number of H-pyrrole nitrogens is 1. The van der Waals surface area contributed by atoms with E-state index in [1.165, 1.54) is 10.8 Å². The molecule has 2 heterocycles. The summed E-state index contributed by atoms with van der Waals surface area (Å²) >= 11 is 0. The van der Waals surface area contributed by atoms with Crippen LogP contribution in [0.4, 0.5) is 5.82 Å². The number of nitrogens with zero attached hydrogens (tertiary/aromatic N) is 2. The second-order valence-electron chi connectivity index (χ2n) is 7.12. The number of halogens is 1. The second kappa shape index (κ2) is 9.24. The Morgan fingerprint density at radius 3 is 2.54 bits per heavy atom. The van der Waals surface area contributed by atoms with Crippen LogP contribution in [0.2, 0.25) is 0 Å². The van der Waals surface area contributed by atoms with Crippen LogP contribution in [0.5, 0.6) is 0 Å². The molecule has 2 aromatic heterocycles. The molecule has 0 aliphatic carbocycles. The maximum absolute atomic E-state index is 5.59. The molecule has 0 aliphatic heterocycles. The third kappa shape index (κ3) is 4.07. The van der Waals surface area contributed by atoms with E-state index in [1.54, 1.807) is 0 Å². The van der Waals surface area contributed by atoms with Crippen LogP contribution in [-0.4, -0.2) is 48.1 Å². The Balaban J connectivity index is 0.00000225. The van der Waals surface area contributed by atoms with Gasteiger partial charge in [-0.05, 0) is 51.7 Å². The molecule has 0 atom stereocenters. The van der Waals surface area contributed by atoms with Gasteiger partial charge >= 0.3 is 0 Å². The van der Waals surface area contributed by atoms with Crippen LogP contribution in [0.25, 0.3) is 32.7 Å². The first kappa shape index (κ1) is 20.4. The van der Waals surface area contributed by atoms with Crippen molar-refractivity contribution in [3.05, 3.63) is 48.5 Å². The second-order valence-corrected chi connectivity index (χ2v) is 7.12. The molecule has 4 aromatic rings. The van der Waals surface area contributed by atoms with Gasteiger partial charge in [-0.3, -0.25) is 0 Å². The molecule has 4 N–H and O–H groups in total. The number of fused-ring (bicyclic) bond motifs is 5. The lowest BCUT2D eigenvalue weighted by atomic mass is 10.1. The number of hydrogen-bond donors (Lipinski definition) is 3. The van der Waals surface area contributed by atoms with E-state index in [0.717, 1.165) is 66.8 Å². The molecule has 0 saturated carbocycles. The van der Waals surface area contributed by atoms with Gasteiger partial charge in [0.2, 0.25) is 0 Å². The van der Waals surface area contributed by atoms with Crippen molar-refractivity contribution in [3.63, 3.8) is 0 Å². The number of rotatable bonds is 8. The van der Waals surface area contributed by atoms with Crippen molar-refractivity contribution in [3.8, 4) is 0 Å². The number of pyridine rings is 1. The third-order valence-corrected chi connectivity index (χ3v) is 5.10. The maximum atomic E-state index is 5.59. The fourth-order valence-electron chi connectivity index (χ4n) is 3.71. The van der Waals surface area contributed by atoms with Gasteiger partial charge in [0.15, 0.2) is 0 Å². The quantitative estimate of drug-likeness (QED) is 0.386. The molecule has 0 saturated heterocycles. The smallest absolute Gasteiger partial charge is 0.136 e. The molecule has 0 fully saturated rings. The Morgan fingerprint density at radius 1 is 1.00 bits per heavy atom. The molecule has 0 spiro atoms. The van der Waals surface area contributed by atoms with E-state index in [-0.39, 0.29) is 12.4 Å². The van der Waals surface area contributed by atoms with Gasteiger partial charge in [-0.1, -0.05) is 36.4 Å². The van der Waals surface area contributed by atoms with Gasteiger partial charge < -0.3 is 20.9 Å². The lowest BCUT2D eigenvalue weighted by Crippen LogP contribution is -2.24. The number of hydrogen-bond acceptors (Lipinski definition) is 4. The average Bonchev–Trinajstić information content (AvgIpc) is 3.09. The molecule has 5 nitrogen and oxygen atoms in total. The standard InChI is InChI=1S/C22H27N5.ClH/c1-27(14-6-12-23)15-7-13-24-22-20-16-8-2-4-10-18(16)25-21(20)17-9-3-5-11-19(17)26-22;/h2-5,8-11,25H,6-7,12-15,23H2,1H3,(H,24,26);1H. The Morgan fingerprint density at radius 2 is 1.71 bits per heavy atom. The topological polar surface area (TPSA) is 70.0 Å². The van der Waals surface area contributed by atoms with Gasteiger partial charge in [0, 0.05) is 22.8 Å². The first-order chi connectivity index (χ1) is 13.3. The number of aromatic amines is 1. The normalized spacial score (nSPS) is 11.4. The van der Waals surface area contributed by atoms with Crippen LogP contribution in [0.1, 0.15) is 12.8 Å². The summed E-state index contributed by atoms with van der Waals surface area (Å²) in [4.78, 5) is 10.9. The molecule has 0 unspecified atom stereocenters. The SMILES string of the molecule is CN(CCCN)CCCNc1nc2ccccc2c2[nH]c3ccccc3c12.Cl. The van der Waals surface area contributed by atoms with Crippen molar-refractivity contribution in [2.75, 3.05) is 38.5 Å². The molecular formula is C22H28ClN5. The molecule has 0 bridgehead atoms. The average molecular weight is 398 g/mol. The summed E-state index contributed by atoms with van der Waals surface area (Å²) in [5.74, 6) is 0.964. The molecule has 28 heavy (non-hydrogen) atoms. The van der Waals surface area contributed by atoms with Crippen molar-refractivity contribution in [1.29, 1.82) is 0 Å². The minimum atomic E-state index is 0. The summed E-state index contributed by atoms with van der Waals surface area (Å²) in [6.45, 7) is 3.75. The van der Waals surface area contributed by atoms with E-state index in [4.69, 9.17) is 10.7 Å². The van der Waals surface area contributed by atoms with Gasteiger partial charge in [-0.15, -0.1) is 12.4 Å². The van der Waals surface area contributed by atoms with Crippen LogP contribution in [0.15, 0.2) is 48.5 Å². The molecule has 0 amide bonds. The first-order valence-electron chi connectivity index (χ1n) is 9.69. The minimum absolute atomic E-state index is 0. The molecule has 0 radical (unpaired) electrons. The van der Waals surface area contributed by atoms with Gasteiger partial charge in [-0.2, -0.15) is 0 Å². The molecule has 2 aromatic carbocycles. The molecular weight excluding hydrogens is 370 g/mol. The van der Waals surface area contributed by atoms with Gasteiger partial charge in [-0.25, -0.2) is 4.98 Å². The highest BCUT2D eigenvalue weighted by molar-refractivity contribution is 6.20. The van der Waals surface area contributed by atoms with Gasteiger partial charge in [0.05, 0.1) is 16.4 Å². The van der Waals surface area contributed by atoms with E-state index in [1.807, 2.05) is 6.07 Å². The Bertz CT molecular complexity index is 1060. The van der Waals surface area contributed by atoms with E-state index in [0.29, 0.717) is 0 Å². The Labute approximate surface area is 171 Å². The van der Waals surface area contributed by atoms with Crippen molar-refractivity contribution < 1.29 is 0 Å². The van der Waals surface area contributed by atoms with Gasteiger partial charge in [0.1, 0.15) is 5.82 Å². The summed E-state index contributed by atoms with van der Waals surface area (Å²) in [7, 11) is 2.15. The zero-order chi connectivity index (χ0) is 18.6. The number of anilines is 1. The summed E-state index contributed by atoms with van der Waals surface area (Å²) < 4.78 is 0. The fourth-order valence-corrected chi connectivity index (χ4v) is 3.71. The summed E-state index contributed by atoms with van der Waals surface area (Å²) in [6, 6.07) is 16.8. The zero-order valence-electron chi connectivity index (χ0n) is 16.2. The Hall–Kier alpha value is -2.34. The highest BCUT2D eigenvalue weighted by Gasteiger charge is 2.13. The monoisotopic (exact) mass is 397 g/mol. The lowest BCUT2D eigenvalue weighted by molar-refractivity contribution is 0.330. The largest absolute Gasteiger partial charge is 0.369 e. The summed E-state index contributed by atoms with van der Waals surface area (Å²) in [5.41, 5.74) is 8.91. The highest BCUT2D eigenvalue weighted by Crippen LogP contribution is 2.34. The van der Waals surface area contributed by atoms with Crippen molar-refractivity contribution in [1.82, 2.24) is 14.9 Å². The highest BCUT2D eigenvalue weighted by atomic mass is 35.5. The predicted octanol–water partition coefficient (Wildman–Crippen LogP) is 4.37. The molecule has 0 aliphatic rings. The van der Waals surface area contributed by atoms with Crippen molar-refractivity contribution in [2.24, 2.45) is 5.73 Å². The van der Waals surface area contributed by atoms with E-state index >= 15 is 0 Å². The van der Waals surface area contributed by atoms with Gasteiger partial charge in [0.25, 0.3) is 0 Å².